The molecule has 296 valence electrons. The molecular formula is C60H40N2S. The van der Waals surface area contributed by atoms with Crippen LogP contribution in [-0.4, -0.2) is 4.57 Å². The molecule has 0 atom stereocenters. The van der Waals surface area contributed by atoms with Gasteiger partial charge in [-0.15, -0.1) is 11.3 Å². The highest BCUT2D eigenvalue weighted by atomic mass is 32.1. The van der Waals surface area contributed by atoms with Crippen LogP contribution in [0.25, 0.3) is 92.2 Å². The van der Waals surface area contributed by atoms with E-state index in [9.17, 15) is 0 Å². The van der Waals surface area contributed by atoms with Crippen LogP contribution < -0.4 is 4.90 Å². The number of nitrogens with zero attached hydrogens (tertiary/aromatic N) is 2. The molecule has 0 unspecified atom stereocenters. The van der Waals surface area contributed by atoms with Gasteiger partial charge in [0.05, 0.1) is 16.7 Å². The van der Waals surface area contributed by atoms with Crippen LogP contribution in [0.3, 0.4) is 0 Å². The zero-order valence-corrected chi connectivity index (χ0v) is 35.2. The molecule has 0 saturated heterocycles. The van der Waals surface area contributed by atoms with Crippen molar-refractivity contribution in [2.45, 2.75) is 0 Å². The number of rotatable bonds is 8. The molecule has 12 aromatic rings. The Morgan fingerprint density at radius 3 is 1.40 bits per heavy atom. The minimum Gasteiger partial charge on any atom is -0.310 e. The van der Waals surface area contributed by atoms with Gasteiger partial charge in [0, 0.05) is 53.6 Å². The summed E-state index contributed by atoms with van der Waals surface area (Å²) in [4.78, 5) is 2.42. The first-order valence-electron chi connectivity index (χ1n) is 21.5. The van der Waals surface area contributed by atoms with Gasteiger partial charge in [0.1, 0.15) is 0 Å². The lowest BCUT2D eigenvalue weighted by Crippen LogP contribution is -2.10. The minimum absolute atomic E-state index is 1.09. The fourth-order valence-electron chi connectivity index (χ4n) is 9.38. The lowest BCUT2D eigenvalue weighted by molar-refractivity contribution is 1.18. The first kappa shape index (κ1) is 36.8. The summed E-state index contributed by atoms with van der Waals surface area (Å²) in [5.74, 6) is 0. The average molecular weight is 821 g/mol. The first-order chi connectivity index (χ1) is 31.2. The van der Waals surface area contributed by atoms with Crippen LogP contribution in [0.2, 0.25) is 0 Å². The van der Waals surface area contributed by atoms with E-state index in [0.717, 1.165) is 33.9 Å². The van der Waals surface area contributed by atoms with E-state index in [0.29, 0.717) is 0 Å². The van der Waals surface area contributed by atoms with Gasteiger partial charge in [-0.1, -0.05) is 164 Å². The highest BCUT2D eigenvalue weighted by Crippen LogP contribution is 2.44. The molecule has 0 amide bonds. The Morgan fingerprint density at radius 2 is 0.762 bits per heavy atom. The summed E-state index contributed by atoms with van der Waals surface area (Å²) in [7, 11) is 0. The van der Waals surface area contributed by atoms with E-state index in [2.05, 4.69) is 252 Å². The normalized spacial score (nSPS) is 11.5. The second-order valence-corrected chi connectivity index (χ2v) is 17.2. The van der Waals surface area contributed by atoms with E-state index in [1.807, 2.05) is 11.3 Å². The fourth-order valence-corrected chi connectivity index (χ4v) is 10.5. The monoisotopic (exact) mass is 820 g/mol. The van der Waals surface area contributed by atoms with Crippen molar-refractivity contribution >= 4 is 70.4 Å². The maximum atomic E-state index is 2.47. The lowest BCUT2D eigenvalue weighted by atomic mass is 10.0. The fraction of sp³-hybridized carbons (Fsp3) is 0. The summed E-state index contributed by atoms with van der Waals surface area (Å²) in [6.45, 7) is 0. The van der Waals surface area contributed by atoms with Gasteiger partial charge in [-0.3, -0.25) is 0 Å². The van der Waals surface area contributed by atoms with Crippen LogP contribution in [0.4, 0.5) is 17.1 Å². The third-order valence-electron chi connectivity index (χ3n) is 12.4. The van der Waals surface area contributed by atoms with Crippen molar-refractivity contribution in [3.05, 3.63) is 243 Å². The molecule has 2 heterocycles. The molecule has 3 heteroatoms. The predicted octanol–water partition coefficient (Wildman–Crippen LogP) is 17.3. The molecule has 0 aliphatic rings. The molecule has 63 heavy (non-hydrogen) atoms. The van der Waals surface area contributed by atoms with Crippen LogP contribution in [0.15, 0.2) is 243 Å². The Morgan fingerprint density at radius 1 is 0.286 bits per heavy atom. The van der Waals surface area contributed by atoms with E-state index in [-0.39, 0.29) is 0 Å². The van der Waals surface area contributed by atoms with Gasteiger partial charge in [-0.2, -0.15) is 0 Å². The lowest BCUT2D eigenvalue weighted by Gasteiger charge is -2.27. The first-order valence-corrected chi connectivity index (χ1v) is 22.3. The number of para-hydroxylation sites is 1. The highest BCUT2D eigenvalue weighted by Gasteiger charge is 2.20. The molecule has 0 aliphatic carbocycles. The van der Waals surface area contributed by atoms with Crippen molar-refractivity contribution in [2.24, 2.45) is 0 Å². The van der Waals surface area contributed by atoms with Gasteiger partial charge < -0.3 is 9.47 Å². The molecule has 0 bridgehead atoms. The number of anilines is 3. The summed E-state index contributed by atoms with van der Waals surface area (Å²) in [6.07, 6.45) is 0. The zero-order valence-electron chi connectivity index (χ0n) is 34.4. The van der Waals surface area contributed by atoms with Crippen molar-refractivity contribution in [2.75, 3.05) is 4.90 Å². The average Bonchev–Trinajstić information content (AvgIpc) is 3.90. The third-order valence-corrected chi connectivity index (χ3v) is 13.5. The molecule has 10 aromatic carbocycles. The van der Waals surface area contributed by atoms with Gasteiger partial charge in [0.25, 0.3) is 0 Å². The molecule has 2 nitrogen and oxygen atoms in total. The molecule has 0 N–H and O–H groups in total. The number of hydrogen-bond donors (Lipinski definition) is 0. The van der Waals surface area contributed by atoms with Crippen molar-refractivity contribution in [3.8, 4) is 50.2 Å². The summed E-state index contributed by atoms with van der Waals surface area (Å²) >= 11 is 1.85. The predicted molar refractivity (Wildman–Crippen MR) is 270 cm³/mol. The minimum atomic E-state index is 1.09. The van der Waals surface area contributed by atoms with Gasteiger partial charge in [-0.25, -0.2) is 0 Å². The smallest absolute Gasteiger partial charge is 0.0541 e. The third kappa shape index (κ3) is 6.58. The Labute approximate surface area is 370 Å². The van der Waals surface area contributed by atoms with E-state index in [4.69, 9.17) is 0 Å². The van der Waals surface area contributed by atoms with E-state index < -0.39 is 0 Å². The number of hydrogen-bond acceptors (Lipinski definition) is 2. The van der Waals surface area contributed by atoms with E-state index >= 15 is 0 Å². The summed E-state index contributed by atoms with van der Waals surface area (Å²) < 4.78 is 5.06. The maximum Gasteiger partial charge on any atom is 0.0541 e. The number of benzene rings is 10. The zero-order chi connectivity index (χ0) is 41.7. The van der Waals surface area contributed by atoms with Gasteiger partial charge in [0.2, 0.25) is 0 Å². The van der Waals surface area contributed by atoms with Gasteiger partial charge >= 0.3 is 0 Å². The van der Waals surface area contributed by atoms with Crippen LogP contribution in [0.5, 0.6) is 0 Å². The topological polar surface area (TPSA) is 8.17 Å². The van der Waals surface area contributed by atoms with Crippen LogP contribution in [0, 0.1) is 0 Å². The second-order valence-electron chi connectivity index (χ2n) is 16.1. The molecule has 0 saturated carbocycles. The van der Waals surface area contributed by atoms with Crippen molar-refractivity contribution in [1.29, 1.82) is 0 Å². The number of fused-ring (bicyclic) bond motifs is 6. The van der Waals surface area contributed by atoms with Crippen LogP contribution in [0.1, 0.15) is 0 Å². The van der Waals surface area contributed by atoms with Crippen molar-refractivity contribution in [3.63, 3.8) is 0 Å². The van der Waals surface area contributed by atoms with E-state index in [1.165, 1.54) is 75.4 Å². The molecule has 0 radical (unpaired) electrons. The van der Waals surface area contributed by atoms with E-state index in [1.54, 1.807) is 0 Å². The largest absolute Gasteiger partial charge is 0.310 e. The maximum absolute atomic E-state index is 2.47. The Bertz CT molecular complexity index is 3520. The second kappa shape index (κ2) is 15.5. The standard InChI is InChI=1S/C60H40N2S/c1-4-16-41(17-5-1)44-22-14-24-48(36-44)61(50-32-35-60-55(40-50)52-27-11-13-29-59(52)63-60)49-25-15-23-47(37-49)51-26-10-12-28-56(51)62-57-33-30-45(42-18-6-2-7-19-42)38-53(57)54-39-46(31-34-58(54)62)43-20-8-3-9-21-43/h1-40H. The van der Waals surface area contributed by atoms with Gasteiger partial charge in [0.15, 0.2) is 0 Å². The van der Waals surface area contributed by atoms with Crippen molar-refractivity contribution in [1.82, 2.24) is 4.57 Å². The summed E-state index contributed by atoms with van der Waals surface area (Å²) in [6, 6.07) is 88.5. The summed E-state index contributed by atoms with van der Waals surface area (Å²) in [5.41, 5.74) is 16.3. The molecule has 12 rings (SSSR count). The molecule has 0 fully saturated rings. The Hall–Kier alpha value is -7.98. The van der Waals surface area contributed by atoms with Crippen LogP contribution >= 0.6 is 11.3 Å². The van der Waals surface area contributed by atoms with Gasteiger partial charge in [-0.05, 0) is 118 Å². The number of aromatic nitrogens is 1. The molecule has 0 spiro atoms. The van der Waals surface area contributed by atoms with Crippen LogP contribution in [-0.2, 0) is 0 Å². The van der Waals surface area contributed by atoms with Crippen molar-refractivity contribution < 1.29 is 0 Å². The quantitative estimate of drug-likeness (QED) is 0.148. The molecule has 0 aliphatic heterocycles. The Balaban J connectivity index is 1.04. The highest BCUT2D eigenvalue weighted by molar-refractivity contribution is 7.25. The molecule has 2 aromatic heterocycles. The number of thiophene rings is 1. The molecular weight excluding hydrogens is 781 g/mol. The Kier molecular flexibility index (Phi) is 9.06. The summed E-state index contributed by atoms with van der Waals surface area (Å²) in [5, 5.41) is 5.02. The SMILES string of the molecule is c1ccc(-c2cccc(N(c3cccc(-c4ccccc4-n4c5ccc(-c6ccccc6)cc5c5cc(-c6ccccc6)ccc54)c3)c3ccc4sc5ccccc5c4c3)c2)cc1.